The van der Waals surface area contributed by atoms with Crippen molar-refractivity contribution in [3.8, 4) is 0 Å². The van der Waals surface area contributed by atoms with Gasteiger partial charge in [0.15, 0.2) is 0 Å². The van der Waals surface area contributed by atoms with Gasteiger partial charge in [0, 0.05) is 10.0 Å². The molecule has 6 nitrogen and oxygen atoms in total. The van der Waals surface area contributed by atoms with Crippen LogP contribution >= 0.6 is 34.5 Å². The highest BCUT2D eigenvalue weighted by atomic mass is 35.5. The summed E-state index contributed by atoms with van der Waals surface area (Å²) in [5.41, 5.74) is 0.721. The second-order valence-electron chi connectivity index (χ2n) is 5.39. The van der Waals surface area contributed by atoms with Crippen molar-refractivity contribution in [2.75, 3.05) is 13.1 Å². The molecule has 2 aromatic rings. The molecule has 3 N–H and O–H groups in total. The van der Waals surface area contributed by atoms with E-state index in [9.17, 15) is 14.4 Å². The van der Waals surface area contributed by atoms with Crippen LogP contribution in [-0.4, -0.2) is 30.8 Å². The predicted octanol–water partition coefficient (Wildman–Crippen LogP) is 2.78. The van der Waals surface area contributed by atoms with Crippen LogP contribution in [0, 0.1) is 0 Å². The number of amides is 3. The Hall–Kier alpha value is -2.09. The average molecular weight is 414 g/mol. The number of rotatable bonds is 7. The van der Waals surface area contributed by atoms with Gasteiger partial charge in [0.05, 0.1) is 24.0 Å². The van der Waals surface area contributed by atoms with Crippen LogP contribution in [0.25, 0.3) is 0 Å². The van der Waals surface area contributed by atoms with Gasteiger partial charge in [-0.25, -0.2) is 0 Å². The summed E-state index contributed by atoms with van der Waals surface area (Å²) in [5.74, 6) is -1.16. The van der Waals surface area contributed by atoms with Crippen molar-refractivity contribution < 1.29 is 14.4 Å². The number of nitrogens with one attached hydrogen (secondary N) is 3. The second-order valence-corrected chi connectivity index (χ2v) is 7.18. The molecule has 0 radical (unpaired) electrons. The molecule has 0 aliphatic rings. The molecular weight excluding hydrogens is 397 g/mol. The highest BCUT2D eigenvalue weighted by Gasteiger charge is 2.14. The quantitative estimate of drug-likeness (QED) is 0.651. The fraction of sp³-hybridized carbons (Fsp3) is 0.235. The van der Waals surface area contributed by atoms with Crippen LogP contribution in [-0.2, 0) is 9.59 Å². The van der Waals surface area contributed by atoms with E-state index in [1.807, 2.05) is 0 Å². The molecular formula is C17H17Cl2N3O3S. The van der Waals surface area contributed by atoms with E-state index in [4.69, 9.17) is 23.2 Å². The van der Waals surface area contributed by atoms with E-state index in [-0.39, 0.29) is 30.9 Å². The third-order valence-corrected chi connectivity index (χ3v) is 4.84. The summed E-state index contributed by atoms with van der Waals surface area (Å²) in [6, 6.07) is 8.08. The molecule has 138 valence electrons. The number of halogens is 2. The zero-order chi connectivity index (χ0) is 19.1. The Morgan fingerprint density at radius 1 is 1.08 bits per heavy atom. The zero-order valence-corrected chi connectivity index (χ0v) is 16.2. The average Bonchev–Trinajstić information content (AvgIpc) is 3.12. The molecule has 26 heavy (non-hydrogen) atoms. The summed E-state index contributed by atoms with van der Waals surface area (Å²) < 4.78 is 0. The highest BCUT2D eigenvalue weighted by molar-refractivity contribution is 7.12. The van der Waals surface area contributed by atoms with Gasteiger partial charge in [-0.1, -0.05) is 35.3 Å². The first kappa shape index (κ1) is 20.2. The van der Waals surface area contributed by atoms with Gasteiger partial charge in [-0.15, -0.1) is 11.3 Å². The Morgan fingerprint density at radius 3 is 2.46 bits per heavy atom. The number of hydrogen-bond donors (Lipinski definition) is 3. The molecule has 1 heterocycles. The van der Waals surface area contributed by atoms with Crippen LogP contribution in [0.1, 0.15) is 28.2 Å². The molecule has 1 atom stereocenters. The highest BCUT2D eigenvalue weighted by Crippen LogP contribution is 2.25. The van der Waals surface area contributed by atoms with Gasteiger partial charge in [-0.2, -0.15) is 0 Å². The van der Waals surface area contributed by atoms with E-state index in [2.05, 4.69) is 16.0 Å². The first-order valence-electron chi connectivity index (χ1n) is 7.69. The topological polar surface area (TPSA) is 87.3 Å². The normalized spacial score (nSPS) is 11.5. The lowest BCUT2D eigenvalue weighted by Gasteiger charge is -2.16. The third-order valence-electron chi connectivity index (χ3n) is 3.41. The van der Waals surface area contributed by atoms with Gasteiger partial charge >= 0.3 is 0 Å². The maximum absolute atomic E-state index is 12.0. The summed E-state index contributed by atoms with van der Waals surface area (Å²) in [6.45, 7) is 1.36. The molecule has 2 rings (SSSR count). The molecule has 0 saturated heterocycles. The van der Waals surface area contributed by atoms with E-state index in [1.54, 1.807) is 42.6 Å². The Kier molecular flexibility index (Phi) is 7.44. The summed E-state index contributed by atoms with van der Waals surface area (Å²) in [6.07, 6.45) is 0. The van der Waals surface area contributed by atoms with Crippen molar-refractivity contribution >= 4 is 52.3 Å². The Bertz CT molecular complexity index is 797. The zero-order valence-electron chi connectivity index (χ0n) is 13.8. The molecule has 0 saturated carbocycles. The van der Waals surface area contributed by atoms with E-state index >= 15 is 0 Å². The lowest BCUT2D eigenvalue weighted by molar-refractivity contribution is -0.125. The minimum Gasteiger partial charge on any atom is -0.348 e. The van der Waals surface area contributed by atoms with Crippen molar-refractivity contribution in [3.63, 3.8) is 0 Å². The van der Waals surface area contributed by atoms with Gasteiger partial charge in [-0.05, 0) is 36.1 Å². The van der Waals surface area contributed by atoms with Crippen molar-refractivity contribution in [2.24, 2.45) is 0 Å². The lowest BCUT2D eigenvalue weighted by Crippen LogP contribution is -2.42. The van der Waals surface area contributed by atoms with Crippen molar-refractivity contribution in [2.45, 2.75) is 13.0 Å². The van der Waals surface area contributed by atoms with Gasteiger partial charge in [0.25, 0.3) is 5.91 Å². The number of thiophene rings is 1. The van der Waals surface area contributed by atoms with Gasteiger partial charge < -0.3 is 16.0 Å². The summed E-state index contributed by atoms with van der Waals surface area (Å²) >= 11 is 13.2. The Balaban J connectivity index is 1.73. The first-order chi connectivity index (χ1) is 12.4. The molecule has 0 unspecified atom stereocenters. The van der Waals surface area contributed by atoms with Gasteiger partial charge in [-0.3, -0.25) is 14.4 Å². The van der Waals surface area contributed by atoms with E-state index in [1.165, 1.54) is 11.3 Å². The lowest BCUT2D eigenvalue weighted by atomic mass is 10.1. The maximum atomic E-state index is 12.0. The maximum Gasteiger partial charge on any atom is 0.261 e. The van der Waals surface area contributed by atoms with Crippen LogP contribution in [0.15, 0.2) is 35.7 Å². The fourth-order valence-electron chi connectivity index (χ4n) is 2.12. The first-order valence-corrected chi connectivity index (χ1v) is 9.33. The fourth-order valence-corrected chi connectivity index (χ4v) is 3.33. The molecule has 0 bridgehead atoms. The largest absolute Gasteiger partial charge is 0.348 e. The predicted molar refractivity (Wildman–Crippen MR) is 103 cm³/mol. The SMILES string of the molecule is C[C@@H](NC(=O)CNC(=O)CNC(=O)c1cccs1)c1ccc(Cl)cc1Cl. The Labute approximate surface area is 164 Å². The molecule has 0 aliphatic carbocycles. The molecule has 1 aromatic carbocycles. The minimum atomic E-state index is -0.456. The Morgan fingerprint density at radius 2 is 1.81 bits per heavy atom. The number of benzene rings is 1. The second kappa shape index (κ2) is 9.56. The summed E-state index contributed by atoms with van der Waals surface area (Å²) in [5, 5.41) is 10.4. The van der Waals surface area contributed by atoms with E-state index in [0.717, 1.165) is 5.56 Å². The van der Waals surface area contributed by atoms with Crippen LogP contribution in [0.3, 0.4) is 0 Å². The minimum absolute atomic E-state index is 0.205. The molecule has 0 fully saturated rings. The van der Waals surface area contributed by atoms with Crippen LogP contribution in [0.2, 0.25) is 10.0 Å². The standard InChI is InChI=1S/C17H17Cl2N3O3S/c1-10(12-5-4-11(18)7-13(12)19)22-16(24)9-20-15(23)8-21-17(25)14-3-2-6-26-14/h2-7,10H,8-9H2,1H3,(H,20,23)(H,21,25)(H,22,24)/t10-/m1/s1. The van der Waals surface area contributed by atoms with Crippen molar-refractivity contribution in [3.05, 3.63) is 56.2 Å². The van der Waals surface area contributed by atoms with Gasteiger partial charge in [0.2, 0.25) is 11.8 Å². The smallest absolute Gasteiger partial charge is 0.261 e. The summed E-state index contributed by atoms with van der Waals surface area (Å²) in [7, 11) is 0. The molecule has 1 aromatic heterocycles. The summed E-state index contributed by atoms with van der Waals surface area (Å²) in [4.78, 5) is 35.9. The van der Waals surface area contributed by atoms with Crippen LogP contribution in [0.5, 0.6) is 0 Å². The number of carbonyl (C=O) groups excluding carboxylic acids is 3. The van der Waals surface area contributed by atoms with Crippen LogP contribution in [0.4, 0.5) is 0 Å². The number of hydrogen-bond acceptors (Lipinski definition) is 4. The van der Waals surface area contributed by atoms with Crippen LogP contribution < -0.4 is 16.0 Å². The molecule has 0 aliphatic heterocycles. The van der Waals surface area contributed by atoms with E-state index in [0.29, 0.717) is 14.9 Å². The monoisotopic (exact) mass is 413 g/mol. The van der Waals surface area contributed by atoms with Crippen molar-refractivity contribution in [1.29, 1.82) is 0 Å². The molecule has 9 heteroatoms. The van der Waals surface area contributed by atoms with Gasteiger partial charge in [0.1, 0.15) is 0 Å². The number of carbonyl (C=O) groups is 3. The molecule has 0 spiro atoms. The third kappa shape index (κ3) is 6.01. The van der Waals surface area contributed by atoms with E-state index < -0.39 is 5.91 Å². The molecule has 3 amide bonds. The van der Waals surface area contributed by atoms with Crippen molar-refractivity contribution in [1.82, 2.24) is 16.0 Å².